The molecular weight excluding hydrogens is 404 g/mol. The summed E-state index contributed by atoms with van der Waals surface area (Å²) in [5, 5.41) is 0. The predicted octanol–water partition coefficient (Wildman–Crippen LogP) is -1.43. The van der Waals surface area contributed by atoms with Crippen LogP contribution in [0.1, 0.15) is 0 Å². The van der Waals surface area contributed by atoms with Crippen molar-refractivity contribution in [3.63, 3.8) is 0 Å². The molecule has 0 aliphatic carbocycles. The van der Waals surface area contributed by atoms with Gasteiger partial charge in [0.2, 0.25) is 0 Å². The summed E-state index contributed by atoms with van der Waals surface area (Å²) in [6, 6.07) is 3.91. The molecule has 0 saturated heterocycles. The first-order valence-electron chi connectivity index (χ1n) is 3.79. The van der Waals surface area contributed by atoms with Gasteiger partial charge in [0.1, 0.15) is 11.9 Å². The number of halogens is 2. The molecule has 0 aromatic carbocycles. The monoisotopic (exact) mass is 411 g/mol. The average Bonchev–Trinajstić information content (AvgIpc) is 2.20. The lowest BCUT2D eigenvalue weighted by molar-refractivity contribution is -0.369. The van der Waals surface area contributed by atoms with Crippen molar-refractivity contribution in [2.75, 3.05) is 0 Å². The van der Waals surface area contributed by atoms with E-state index in [-0.39, 0.29) is 24.0 Å². The number of pyridine rings is 1. The van der Waals surface area contributed by atoms with Gasteiger partial charge in [0, 0.05) is 22.0 Å². The molecule has 0 bridgehead atoms. The molecule has 1 N–H and O–H groups in total. The Morgan fingerprint density at radius 2 is 1.93 bits per heavy atom. The van der Waals surface area contributed by atoms with E-state index in [0.717, 1.165) is 11.3 Å². The quantitative estimate of drug-likeness (QED) is 0.541. The van der Waals surface area contributed by atoms with Crippen molar-refractivity contribution in [2.45, 2.75) is 0 Å². The van der Waals surface area contributed by atoms with Crippen LogP contribution < -0.4 is 29.0 Å². The standard InChI is InChI=1S/C9H6IN3.HI/c10-8-1-3-11-5-7(8)9-2-4-12-6-13-9;/h1-6H;1H. The van der Waals surface area contributed by atoms with E-state index in [1.165, 1.54) is 3.57 Å². The molecule has 5 heteroatoms. The van der Waals surface area contributed by atoms with E-state index in [4.69, 9.17) is 0 Å². The molecule has 0 amide bonds. The van der Waals surface area contributed by atoms with E-state index in [2.05, 4.69) is 37.5 Å². The van der Waals surface area contributed by atoms with Crippen LogP contribution in [0.2, 0.25) is 0 Å². The van der Waals surface area contributed by atoms with Crippen molar-refractivity contribution in [1.29, 1.82) is 0 Å². The molecule has 0 fully saturated rings. The van der Waals surface area contributed by atoms with Crippen LogP contribution in [0.5, 0.6) is 0 Å². The first-order valence-corrected chi connectivity index (χ1v) is 4.87. The maximum Gasteiger partial charge on any atom is 0.284 e. The van der Waals surface area contributed by atoms with Gasteiger partial charge in [0.15, 0.2) is 0 Å². The lowest BCUT2D eigenvalue weighted by atomic mass is 10.2. The number of aromatic amines is 1. The maximum atomic E-state index is 4.08. The fraction of sp³-hybridized carbons (Fsp3) is 0. The topological polar surface area (TPSA) is 39.9 Å². The molecule has 2 heterocycles. The number of rotatable bonds is 1. The summed E-state index contributed by atoms with van der Waals surface area (Å²) in [7, 11) is 0. The third-order valence-electron chi connectivity index (χ3n) is 1.68. The highest BCUT2D eigenvalue weighted by Gasteiger charge is 2.05. The normalized spacial score (nSPS) is 9.21. The minimum absolute atomic E-state index is 0. The summed E-state index contributed by atoms with van der Waals surface area (Å²) in [5.41, 5.74) is 2.14. The molecule has 2 aromatic heterocycles. The van der Waals surface area contributed by atoms with E-state index in [9.17, 15) is 0 Å². The zero-order valence-electron chi connectivity index (χ0n) is 7.11. The van der Waals surface area contributed by atoms with Gasteiger partial charge in [-0.05, 0) is 28.7 Å². The molecule has 0 aliphatic rings. The van der Waals surface area contributed by atoms with Crippen LogP contribution in [0.3, 0.4) is 0 Å². The highest BCUT2D eigenvalue weighted by Crippen LogP contribution is 2.19. The molecule has 0 atom stereocenters. The van der Waals surface area contributed by atoms with Gasteiger partial charge >= 0.3 is 0 Å². The SMILES string of the molecule is Ic1ccncc1-c1ccnc[nH+]1.[I-]. The maximum absolute atomic E-state index is 4.08. The summed E-state index contributed by atoms with van der Waals surface area (Å²) >= 11 is 2.28. The predicted molar refractivity (Wildman–Crippen MR) is 56.7 cm³/mol. The van der Waals surface area contributed by atoms with Gasteiger partial charge in [-0.1, -0.05) is 4.98 Å². The van der Waals surface area contributed by atoms with Gasteiger partial charge in [0.25, 0.3) is 6.33 Å². The summed E-state index contributed by atoms with van der Waals surface area (Å²) in [5.74, 6) is 0. The molecule has 2 aromatic rings. The summed E-state index contributed by atoms with van der Waals surface area (Å²) in [6.07, 6.45) is 7.05. The molecule has 3 nitrogen and oxygen atoms in total. The van der Waals surface area contributed by atoms with Crippen LogP contribution in [-0.4, -0.2) is 9.97 Å². The zero-order chi connectivity index (χ0) is 9.10. The van der Waals surface area contributed by atoms with Gasteiger partial charge in [0.05, 0.1) is 5.56 Å². The third kappa shape index (κ3) is 2.59. The summed E-state index contributed by atoms with van der Waals surface area (Å²) in [6.45, 7) is 0. The van der Waals surface area contributed by atoms with Crippen LogP contribution in [0, 0.1) is 3.57 Å². The number of nitrogens with zero attached hydrogens (tertiary/aromatic N) is 2. The Hall–Kier alpha value is -0.310. The molecule has 0 aliphatic heterocycles. The molecule has 0 spiro atoms. The minimum atomic E-state index is 0. The van der Waals surface area contributed by atoms with Crippen LogP contribution in [0.25, 0.3) is 11.3 Å². The molecule has 14 heavy (non-hydrogen) atoms. The van der Waals surface area contributed by atoms with Gasteiger partial charge in [-0.25, -0.2) is 4.98 Å². The van der Waals surface area contributed by atoms with Crippen molar-refractivity contribution in [3.8, 4) is 11.3 Å². The molecule has 72 valence electrons. The Balaban J connectivity index is 0.000000980. The van der Waals surface area contributed by atoms with E-state index < -0.39 is 0 Å². The number of aromatic nitrogens is 3. The van der Waals surface area contributed by atoms with Crippen LogP contribution in [-0.2, 0) is 0 Å². The van der Waals surface area contributed by atoms with Gasteiger partial charge < -0.3 is 24.0 Å². The second kappa shape index (κ2) is 5.54. The zero-order valence-corrected chi connectivity index (χ0v) is 11.4. The molecule has 0 unspecified atom stereocenters. The Labute approximate surface area is 113 Å². The fourth-order valence-corrected chi connectivity index (χ4v) is 1.65. The average molecular weight is 411 g/mol. The highest BCUT2D eigenvalue weighted by atomic mass is 127. The van der Waals surface area contributed by atoms with E-state index in [0.29, 0.717) is 0 Å². The van der Waals surface area contributed by atoms with Gasteiger partial charge in [-0.3, -0.25) is 4.98 Å². The highest BCUT2D eigenvalue weighted by molar-refractivity contribution is 14.1. The second-order valence-corrected chi connectivity index (χ2v) is 3.67. The van der Waals surface area contributed by atoms with Gasteiger partial charge in [-0.15, -0.1) is 0 Å². The molecule has 0 radical (unpaired) electrons. The number of hydrogen-bond acceptors (Lipinski definition) is 2. The number of hydrogen-bond donors (Lipinski definition) is 0. The molecule has 2 rings (SSSR count). The smallest absolute Gasteiger partial charge is 0.284 e. The van der Waals surface area contributed by atoms with Crippen LogP contribution in [0.4, 0.5) is 0 Å². The van der Waals surface area contributed by atoms with Crippen molar-refractivity contribution in [2.24, 2.45) is 0 Å². The number of nitrogens with one attached hydrogen (secondary N) is 1. The lowest BCUT2D eigenvalue weighted by Crippen LogP contribution is -3.00. The number of H-pyrrole nitrogens is 1. The van der Waals surface area contributed by atoms with Crippen LogP contribution in [0.15, 0.2) is 37.1 Å². The molecule has 0 saturated carbocycles. The third-order valence-corrected chi connectivity index (χ3v) is 2.62. The first kappa shape index (κ1) is 11.8. The van der Waals surface area contributed by atoms with E-state index in [1.807, 2.05) is 18.3 Å². The second-order valence-electron chi connectivity index (χ2n) is 2.51. The van der Waals surface area contributed by atoms with E-state index >= 15 is 0 Å². The Bertz CT molecular complexity index is 406. The fourth-order valence-electron chi connectivity index (χ4n) is 1.06. The van der Waals surface area contributed by atoms with Gasteiger partial charge in [-0.2, -0.15) is 0 Å². The largest absolute Gasteiger partial charge is 1.00 e. The first-order chi connectivity index (χ1) is 6.38. The lowest BCUT2D eigenvalue weighted by Gasteiger charge is -1.97. The minimum Gasteiger partial charge on any atom is -1.00 e. The summed E-state index contributed by atoms with van der Waals surface area (Å²) in [4.78, 5) is 11.1. The van der Waals surface area contributed by atoms with E-state index in [1.54, 1.807) is 18.7 Å². The summed E-state index contributed by atoms with van der Waals surface area (Å²) < 4.78 is 1.18. The Morgan fingerprint density at radius 1 is 1.14 bits per heavy atom. The van der Waals surface area contributed by atoms with Crippen molar-refractivity contribution in [3.05, 3.63) is 40.6 Å². The Kier molecular flexibility index (Phi) is 4.66. The molecular formula is C9H7I2N3. The van der Waals surface area contributed by atoms with Crippen molar-refractivity contribution in [1.82, 2.24) is 9.97 Å². The Morgan fingerprint density at radius 3 is 2.57 bits per heavy atom. The van der Waals surface area contributed by atoms with Crippen LogP contribution >= 0.6 is 22.6 Å². The van der Waals surface area contributed by atoms with Crippen molar-refractivity contribution < 1.29 is 29.0 Å². The van der Waals surface area contributed by atoms with Crippen molar-refractivity contribution >= 4 is 22.6 Å².